The van der Waals surface area contributed by atoms with Crippen molar-refractivity contribution >= 4 is 27.0 Å². The molecular formula is C68H81Cl2F3SiZr-2. The van der Waals surface area contributed by atoms with Crippen molar-refractivity contribution in [2.45, 2.75) is 178 Å². The average Bonchev–Trinajstić information content (AvgIpc) is 4.03. The summed E-state index contributed by atoms with van der Waals surface area (Å²) in [5, 5.41) is 5.82. The Balaban J connectivity index is 0.000000144. The maximum absolute atomic E-state index is 11.4. The topological polar surface area (TPSA) is 0 Å². The van der Waals surface area contributed by atoms with Crippen LogP contribution in [0.1, 0.15) is 169 Å². The maximum atomic E-state index is 11.4. The van der Waals surface area contributed by atoms with Crippen LogP contribution in [-0.2, 0) is 36.2 Å². The molecule has 0 heterocycles. The Bertz CT molecular complexity index is 2590. The van der Waals surface area contributed by atoms with Gasteiger partial charge >= 0.3 is 67.1 Å². The number of benzene rings is 4. The van der Waals surface area contributed by atoms with Crippen LogP contribution in [0, 0.1) is 59.2 Å². The second-order valence-corrected chi connectivity index (χ2v) is 34.1. The molecule has 16 rings (SSSR count). The first kappa shape index (κ1) is 55.9. The van der Waals surface area contributed by atoms with Gasteiger partial charge in [0.1, 0.15) is 0 Å². The van der Waals surface area contributed by atoms with Crippen LogP contribution in [0.5, 0.6) is 0 Å². The molecular weight excluding hydrogens is 1060 g/mol. The van der Waals surface area contributed by atoms with E-state index in [0.717, 1.165) is 71.0 Å². The minimum Gasteiger partial charge on any atom is -1.00 e. The Morgan fingerprint density at radius 3 is 1.17 bits per heavy atom. The molecule has 8 bridgehead atoms. The molecule has 6 aromatic rings. The Labute approximate surface area is 475 Å². The van der Waals surface area contributed by atoms with Crippen LogP contribution in [0.2, 0.25) is 12.6 Å². The average molecular weight is 1150 g/mol. The summed E-state index contributed by atoms with van der Waals surface area (Å²) in [6.07, 6.45) is 27.6. The molecule has 0 saturated heterocycles. The molecule has 10 fully saturated rings. The molecule has 0 spiro atoms. The van der Waals surface area contributed by atoms with Crippen LogP contribution in [0.15, 0.2) is 109 Å². The quantitative estimate of drug-likeness (QED) is 0.0947. The third kappa shape index (κ3) is 12.9. The fourth-order valence-corrected chi connectivity index (χ4v) is 19.3. The van der Waals surface area contributed by atoms with Gasteiger partial charge in [-0.2, -0.15) is 12.1 Å². The van der Waals surface area contributed by atoms with E-state index in [-0.39, 0.29) is 24.8 Å². The van der Waals surface area contributed by atoms with Gasteiger partial charge in [-0.1, -0.05) is 110 Å². The molecule has 75 heavy (non-hydrogen) atoms. The monoisotopic (exact) mass is 1140 g/mol. The molecule has 398 valence electrons. The maximum Gasteiger partial charge on any atom is -0.0162 e. The Hall–Kier alpha value is -2.43. The summed E-state index contributed by atoms with van der Waals surface area (Å²) in [4.78, 5) is 0. The molecule has 10 aliphatic rings. The van der Waals surface area contributed by atoms with Gasteiger partial charge in [0.2, 0.25) is 0 Å². The van der Waals surface area contributed by atoms with Crippen molar-refractivity contribution in [1.29, 1.82) is 0 Å². The van der Waals surface area contributed by atoms with Gasteiger partial charge in [0.25, 0.3) is 0 Å². The predicted octanol–water partition coefficient (Wildman–Crippen LogP) is 13.9. The van der Waals surface area contributed by atoms with E-state index >= 15 is 0 Å². The van der Waals surface area contributed by atoms with Crippen molar-refractivity contribution in [2.75, 3.05) is 0 Å². The number of hydrogen-bond donors (Lipinski definition) is 0. The van der Waals surface area contributed by atoms with Crippen molar-refractivity contribution in [3.8, 4) is 22.3 Å². The second-order valence-electron chi connectivity index (χ2n) is 25.8. The zero-order chi connectivity index (χ0) is 49.6. The van der Waals surface area contributed by atoms with Gasteiger partial charge in [-0.05, 0) is 196 Å². The summed E-state index contributed by atoms with van der Waals surface area (Å²) in [5.41, 5.74) is 11.4. The van der Waals surface area contributed by atoms with Crippen LogP contribution >= 0.6 is 0 Å². The van der Waals surface area contributed by atoms with Gasteiger partial charge in [-0.25, -0.2) is 0 Å². The number of hydrogen-bond acceptors (Lipinski definition) is 0. The van der Waals surface area contributed by atoms with Crippen molar-refractivity contribution in [1.82, 2.24) is 0 Å². The molecule has 0 amide bonds. The molecule has 0 aromatic heterocycles. The molecule has 7 heteroatoms. The van der Waals surface area contributed by atoms with E-state index in [2.05, 4.69) is 109 Å². The smallest absolute Gasteiger partial charge is 0.0162 e. The van der Waals surface area contributed by atoms with Crippen LogP contribution in [-0.4, -0.2) is 11.6 Å². The number of fused-ring (bicyclic) bond motifs is 2. The van der Waals surface area contributed by atoms with E-state index in [1.54, 1.807) is 35.1 Å². The van der Waals surface area contributed by atoms with E-state index in [9.17, 15) is 13.2 Å². The normalized spacial score (nSPS) is 28.8. The third-order valence-corrected chi connectivity index (χ3v) is 23.6. The molecule has 10 aliphatic carbocycles. The van der Waals surface area contributed by atoms with Gasteiger partial charge < -0.3 is 24.8 Å². The Morgan fingerprint density at radius 2 is 0.853 bits per heavy atom. The molecule has 0 aliphatic heterocycles. The number of alkyl halides is 3. The van der Waals surface area contributed by atoms with Crippen LogP contribution in [0.4, 0.5) is 13.2 Å². The van der Waals surface area contributed by atoms with Gasteiger partial charge in [0, 0.05) is 0 Å². The van der Waals surface area contributed by atoms with E-state index in [4.69, 9.17) is 0 Å². The van der Waals surface area contributed by atoms with Crippen LogP contribution in [0.3, 0.4) is 0 Å². The summed E-state index contributed by atoms with van der Waals surface area (Å²) in [7, 11) is 0. The second kappa shape index (κ2) is 24.5. The first-order chi connectivity index (χ1) is 35.5. The van der Waals surface area contributed by atoms with Gasteiger partial charge in [-0.3, -0.25) is 0 Å². The fourth-order valence-electron chi connectivity index (χ4n) is 17.7. The molecule has 6 aromatic carbocycles. The zero-order valence-corrected chi connectivity index (χ0v) is 49.7. The van der Waals surface area contributed by atoms with Crippen molar-refractivity contribution < 1.29 is 61.3 Å². The van der Waals surface area contributed by atoms with Gasteiger partial charge in [0.05, 0.1) is 0 Å². The molecule has 0 radical (unpaired) electrons. The van der Waals surface area contributed by atoms with E-state index in [1.165, 1.54) is 196 Å². The predicted molar refractivity (Wildman–Crippen MR) is 297 cm³/mol. The van der Waals surface area contributed by atoms with Crippen molar-refractivity contribution in [2.24, 2.45) is 59.2 Å². The van der Waals surface area contributed by atoms with E-state index in [0.29, 0.717) is 6.04 Å². The number of halogens is 5. The SMILES string of the molecule is C[Si](=[Zr+2])CCC(F)(F)F.[Cl-].[Cl-].c1cc(-c2ccc(C3CCCCC3)cc2)c2cc(CC3C4CC5CC(C4)CC3C5)[cH-]c2c1.c1cc(-c2ccc(C3CCCCC3)cc2)c2cc(CC3C4CC5CC(C4)CC3C5)[cH-]c2c1. The van der Waals surface area contributed by atoms with Crippen LogP contribution in [0.25, 0.3) is 43.8 Å². The molecule has 0 atom stereocenters. The number of rotatable bonds is 10. The minimum atomic E-state index is -3.93. The molecule has 10 saturated carbocycles. The van der Waals surface area contributed by atoms with E-state index in [1.807, 2.05) is 6.55 Å². The third-order valence-electron chi connectivity index (χ3n) is 20.8. The summed E-state index contributed by atoms with van der Waals surface area (Å²) in [6.45, 7) is 1.93. The van der Waals surface area contributed by atoms with E-state index < -0.39 is 18.0 Å². The zero-order valence-electron chi connectivity index (χ0n) is 44.7. The molecule has 0 nitrogen and oxygen atoms in total. The first-order valence-electron chi connectivity index (χ1n) is 29.7. The largest absolute Gasteiger partial charge is 1.00 e. The summed E-state index contributed by atoms with van der Waals surface area (Å²) in [6, 6.07) is 43.6. The minimum absolute atomic E-state index is 0. The standard InChI is InChI=1S/2C32H37.C4H7F3Si.2ClH.Zr/c2*1-2-5-24(6-3-1)25-9-11-26(12-10-25)30-8-4-7-27-14-23(20-32(27)30)19-31-28-15-21-13-22(17-28)18-29(31)16-21;1-8-3-2-4(5,6)7;;;/h2*4,7-12,14,20-22,24,28-29,31H,1-3,5-6,13,15-19H2;2-3H2,1H3;2*1H;/q2*-1;;;;+2/p-2. The molecule has 0 N–H and O–H groups in total. The summed E-state index contributed by atoms with van der Waals surface area (Å²) >= 11 is 1.29. The summed E-state index contributed by atoms with van der Waals surface area (Å²) < 4.78 is 34.3. The van der Waals surface area contributed by atoms with Gasteiger partial charge in [-0.15, -0.1) is 69.1 Å². The van der Waals surface area contributed by atoms with Gasteiger partial charge in [0.15, 0.2) is 0 Å². The van der Waals surface area contributed by atoms with Crippen LogP contribution < -0.4 is 24.8 Å². The van der Waals surface area contributed by atoms with Crippen molar-refractivity contribution in [3.63, 3.8) is 0 Å². The Morgan fingerprint density at radius 1 is 0.493 bits per heavy atom. The first-order valence-corrected chi connectivity index (χ1v) is 35.6. The molecule has 0 unspecified atom stereocenters. The summed E-state index contributed by atoms with van der Waals surface area (Å²) in [5.74, 6) is 11.9. The van der Waals surface area contributed by atoms with Crippen molar-refractivity contribution in [3.05, 3.63) is 131 Å². The Kier molecular flexibility index (Phi) is 18.3. The fraction of sp³-hybridized carbons (Fsp3) is 0.559.